The predicted molar refractivity (Wildman–Crippen MR) is 66.9 cm³/mol. The number of nitrogens with zero attached hydrogens (tertiary/aromatic N) is 1. The fraction of sp³-hybridized carbons (Fsp3) is 0.364. The van der Waals surface area contributed by atoms with Crippen LogP contribution in [-0.2, 0) is 15.1 Å². The molecule has 0 aromatic heterocycles. The second-order valence-electron chi connectivity index (χ2n) is 4.54. The average Bonchev–Trinajstić information content (AvgIpc) is 2.20. The Bertz CT molecular complexity index is 612. The number of benzene rings is 1. The lowest BCUT2D eigenvalue weighted by Gasteiger charge is -2.33. The van der Waals surface area contributed by atoms with Crippen molar-refractivity contribution in [1.82, 2.24) is 0 Å². The smallest absolute Gasteiger partial charge is 0.361 e. The third-order valence-electron chi connectivity index (χ3n) is 2.65. The maximum atomic E-state index is 13.5. The molecule has 0 unspecified atom stereocenters. The maximum Gasteiger partial charge on any atom is 0.361 e. The molecule has 0 radical (unpaired) electrons. The van der Waals surface area contributed by atoms with E-state index in [1.807, 2.05) is 0 Å². The molecule has 8 heteroatoms. The van der Waals surface area contributed by atoms with Crippen LogP contribution in [0, 0.1) is 12.7 Å². The van der Waals surface area contributed by atoms with E-state index in [2.05, 4.69) is 0 Å². The van der Waals surface area contributed by atoms with Crippen molar-refractivity contribution in [3.63, 3.8) is 0 Å². The van der Waals surface area contributed by atoms with Gasteiger partial charge in [0.15, 0.2) is 0 Å². The summed E-state index contributed by atoms with van der Waals surface area (Å²) in [6.45, 7) is 3.64. The molecule has 2 N–H and O–H groups in total. The molecule has 0 bridgehead atoms. The van der Waals surface area contributed by atoms with E-state index in [1.165, 1.54) is 19.1 Å². The lowest BCUT2D eigenvalue weighted by atomic mass is 10.1. The van der Waals surface area contributed by atoms with Gasteiger partial charge < -0.3 is 5.11 Å². The monoisotopic (exact) mass is 291 g/mol. The number of aryl methyl sites for hydroxylation is 1. The molecule has 0 saturated carbocycles. The molecule has 0 heterocycles. The van der Waals surface area contributed by atoms with Crippen LogP contribution in [0.2, 0.25) is 0 Å². The van der Waals surface area contributed by atoms with Gasteiger partial charge in [0.1, 0.15) is 11.4 Å². The molecule has 0 amide bonds. The van der Waals surface area contributed by atoms with E-state index >= 15 is 0 Å². The van der Waals surface area contributed by atoms with E-state index in [9.17, 15) is 22.2 Å². The van der Waals surface area contributed by atoms with E-state index in [4.69, 9.17) is 5.11 Å². The van der Waals surface area contributed by atoms with Crippen LogP contribution < -0.4 is 4.31 Å². The Kier molecular flexibility index (Phi) is 3.87. The number of rotatable bonds is 4. The molecule has 0 aliphatic rings. The summed E-state index contributed by atoms with van der Waals surface area (Å²) in [4.78, 5) is 11.1. The topological polar surface area (TPSA) is 94.9 Å². The number of carboxylic acids is 1. The first-order valence-electron chi connectivity index (χ1n) is 5.25. The molecular formula is C11H14FNO5S. The highest BCUT2D eigenvalue weighted by Crippen LogP contribution is 2.28. The third-order valence-corrected chi connectivity index (χ3v) is 3.78. The van der Waals surface area contributed by atoms with Crippen LogP contribution >= 0.6 is 0 Å². The van der Waals surface area contributed by atoms with Crippen molar-refractivity contribution >= 4 is 22.0 Å². The zero-order chi connectivity index (χ0) is 15.0. The van der Waals surface area contributed by atoms with Gasteiger partial charge in [-0.2, -0.15) is 8.42 Å². The molecule has 6 nitrogen and oxygen atoms in total. The second kappa shape index (κ2) is 4.78. The summed E-state index contributed by atoms with van der Waals surface area (Å²) in [6.07, 6.45) is 0. The highest BCUT2D eigenvalue weighted by atomic mass is 32.2. The van der Waals surface area contributed by atoms with Gasteiger partial charge in [0.05, 0.1) is 5.69 Å². The molecule has 1 aromatic carbocycles. The number of carboxylic acid groups (broad SMARTS) is 1. The molecule has 0 aliphatic carbocycles. The van der Waals surface area contributed by atoms with Gasteiger partial charge in [-0.25, -0.2) is 13.5 Å². The third kappa shape index (κ3) is 3.02. The van der Waals surface area contributed by atoms with Gasteiger partial charge in [0, 0.05) is 0 Å². The molecular weight excluding hydrogens is 277 g/mol. The Morgan fingerprint density at radius 3 is 2.26 bits per heavy atom. The van der Waals surface area contributed by atoms with Crippen LogP contribution in [-0.4, -0.2) is 29.6 Å². The number of anilines is 1. The first kappa shape index (κ1) is 15.4. The number of carbonyl (C=O) groups is 1. The van der Waals surface area contributed by atoms with Gasteiger partial charge in [-0.3, -0.25) is 4.55 Å². The highest BCUT2D eigenvalue weighted by molar-refractivity contribution is 7.87. The van der Waals surface area contributed by atoms with Crippen molar-refractivity contribution < 1.29 is 27.3 Å². The van der Waals surface area contributed by atoms with Crippen LogP contribution in [0.25, 0.3) is 0 Å². The molecule has 0 saturated heterocycles. The molecule has 1 aromatic rings. The molecule has 0 fully saturated rings. The minimum absolute atomic E-state index is 0.255. The zero-order valence-corrected chi connectivity index (χ0v) is 11.4. The minimum atomic E-state index is -4.86. The van der Waals surface area contributed by atoms with Crippen molar-refractivity contribution in [2.75, 3.05) is 4.31 Å². The largest absolute Gasteiger partial charge is 0.479 e. The van der Waals surface area contributed by atoms with Gasteiger partial charge in [0.25, 0.3) is 0 Å². The summed E-state index contributed by atoms with van der Waals surface area (Å²) in [5, 5.41) is 9.05. The normalized spacial score (nSPS) is 12.3. The van der Waals surface area contributed by atoms with E-state index in [1.54, 1.807) is 0 Å². The summed E-state index contributed by atoms with van der Waals surface area (Å²) < 4.78 is 45.7. The summed E-state index contributed by atoms with van der Waals surface area (Å²) >= 11 is 0. The SMILES string of the molecule is Cc1ccc(N(C(C)(C)C(=O)O)S(=O)(=O)O)cc1F. The number of halogens is 1. The van der Waals surface area contributed by atoms with Crippen LogP contribution in [0.3, 0.4) is 0 Å². The molecule has 0 aliphatic heterocycles. The summed E-state index contributed by atoms with van der Waals surface area (Å²) in [5.41, 5.74) is -1.96. The number of hydrogen-bond acceptors (Lipinski definition) is 3. The van der Waals surface area contributed by atoms with E-state index in [0.29, 0.717) is 0 Å². The van der Waals surface area contributed by atoms with Crippen molar-refractivity contribution in [1.29, 1.82) is 0 Å². The van der Waals surface area contributed by atoms with Gasteiger partial charge in [-0.15, -0.1) is 0 Å². The van der Waals surface area contributed by atoms with Crippen LogP contribution in [0.4, 0.5) is 10.1 Å². The Balaban J connectivity index is 3.50. The summed E-state index contributed by atoms with van der Waals surface area (Å²) in [6, 6.07) is 3.37. The summed E-state index contributed by atoms with van der Waals surface area (Å²) in [7, 11) is -4.86. The number of hydrogen-bond donors (Lipinski definition) is 2. The Hall–Kier alpha value is -1.67. The highest BCUT2D eigenvalue weighted by Gasteiger charge is 2.42. The van der Waals surface area contributed by atoms with Gasteiger partial charge >= 0.3 is 16.3 Å². The Morgan fingerprint density at radius 2 is 1.89 bits per heavy atom. The maximum absolute atomic E-state index is 13.5. The Morgan fingerprint density at radius 1 is 1.37 bits per heavy atom. The van der Waals surface area contributed by atoms with E-state index in [-0.39, 0.29) is 15.6 Å². The van der Waals surface area contributed by atoms with Crippen LogP contribution in [0.15, 0.2) is 18.2 Å². The fourth-order valence-corrected chi connectivity index (χ4v) is 2.57. The van der Waals surface area contributed by atoms with Crippen LogP contribution in [0.1, 0.15) is 19.4 Å². The number of aliphatic carboxylic acids is 1. The second-order valence-corrected chi connectivity index (χ2v) is 5.80. The molecule has 1 rings (SSSR count). The molecule has 0 atom stereocenters. The fourth-order valence-electron chi connectivity index (χ4n) is 1.54. The average molecular weight is 291 g/mol. The van der Waals surface area contributed by atoms with Crippen molar-refractivity contribution in [3.8, 4) is 0 Å². The Labute approximate surface area is 110 Å². The van der Waals surface area contributed by atoms with Crippen LogP contribution in [0.5, 0.6) is 0 Å². The van der Waals surface area contributed by atoms with Gasteiger partial charge in [-0.1, -0.05) is 6.07 Å². The lowest BCUT2D eigenvalue weighted by molar-refractivity contribution is -0.141. The lowest BCUT2D eigenvalue weighted by Crippen LogP contribution is -2.53. The van der Waals surface area contributed by atoms with Crippen molar-refractivity contribution in [3.05, 3.63) is 29.6 Å². The van der Waals surface area contributed by atoms with Gasteiger partial charge in [0.2, 0.25) is 0 Å². The van der Waals surface area contributed by atoms with Crippen molar-refractivity contribution in [2.45, 2.75) is 26.3 Å². The molecule has 0 spiro atoms. The minimum Gasteiger partial charge on any atom is -0.479 e. The molecule has 106 valence electrons. The van der Waals surface area contributed by atoms with E-state index in [0.717, 1.165) is 19.9 Å². The first-order chi connectivity index (χ1) is 8.48. The quantitative estimate of drug-likeness (QED) is 0.822. The molecule has 19 heavy (non-hydrogen) atoms. The first-order valence-corrected chi connectivity index (χ1v) is 6.65. The van der Waals surface area contributed by atoms with Crippen molar-refractivity contribution in [2.24, 2.45) is 0 Å². The van der Waals surface area contributed by atoms with Gasteiger partial charge in [-0.05, 0) is 38.5 Å². The summed E-state index contributed by atoms with van der Waals surface area (Å²) in [5.74, 6) is -2.18. The standard InChI is InChI=1S/C11H14FNO5S/c1-7-4-5-8(6-9(7)12)13(19(16,17)18)11(2,3)10(14)15/h4-6H,1-3H3,(H,14,15)(H,16,17,18). The zero-order valence-electron chi connectivity index (χ0n) is 10.6. The predicted octanol–water partition coefficient (Wildman–Crippen LogP) is 1.61. The van der Waals surface area contributed by atoms with E-state index < -0.39 is 27.6 Å².